The van der Waals surface area contributed by atoms with E-state index in [0.717, 1.165) is 0 Å². The van der Waals surface area contributed by atoms with E-state index < -0.39 is 4.92 Å². The second-order valence-corrected chi connectivity index (χ2v) is 3.33. The van der Waals surface area contributed by atoms with E-state index in [-0.39, 0.29) is 5.69 Å². The fraction of sp³-hybridized carbons (Fsp3) is 0. The number of nitrogens with zero attached hydrogens (tertiary/aromatic N) is 2. The Hall–Kier alpha value is -1.43. The van der Waals surface area contributed by atoms with Crippen LogP contribution in [0.1, 0.15) is 0 Å². The second kappa shape index (κ2) is 2.81. The molecule has 0 bridgehead atoms. The Labute approximate surface area is 81.1 Å². The van der Waals surface area contributed by atoms with Gasteiger partial charge < -0.3 is 4.98 Å². The van der Waals surface area contributed by atoms with Crippen LogP contribution in [0.4, 0.5) is 5.69 Å². The van der Waals surface area contributed by atoms with Crippen molar-refractivity contribution in [2.75, 3.05) is 0 Å². The predicted molar refractivity (Wildman–Crippen MR) is 50.4 cm³/mol. The van der Waals surface area contributed by atoms with Crippen molar-refractivity contribution in [3.8, 4) is 0 Å². The normalized spacial score (nSPS) is 10.5. The SMILES string of the molecule is O=[N+]([O-])c1c[nH]c2cncc(Br)c12. The molecular weight excluding hydrogens is 238 g/mol. The molecule has 6 heteroatoms. The van der Waals surface area contributed by atoms with Gasteiger partial charge in [-0.1, -0.05) is 0 Å². The summed E-state index contributed by atoms with van der Waals surface area (Å²) >= 11 is 3.21. The van der Waals surface area contributed by atoms with Crippen molar-refractivity contribution in [1.82, 2.24) is 9.97 Å². The summed E-state index contributed by atoms with van der Waals surface area (Å²) in [5, 5.41) is 11.1. The van der Waals surface area contributed by atoms with E-state index in [9.17, 15) is 10.1 Å². The number of fused-ring (bicyclic) bond motifs is 1. The van der Waals surface area contributed by atoms with Gasteiger partial charge in [-0.2, -0.15) is 0 Å². The highest BCUT2D eigenvalue weighted by atomic mass is 79.9. The van der Waals surface area contributed by atoms with Crippen LogP contribution in [0.3, 0.4) is 0 Å². The third kappa shape index (κ3) is 1.19. The van der Waals surface area contributed by atoms with Crippen LogP contribution < -0.4 is 0 Å². The number of nitro groups is 1. The molecule has 0 spiro atoms. The van der Waals surface area contributed by atoms with Crippen molar-refractivity contribution >= 4 is 32.5 Å². The smallest absolute Gasteiger partial charge is 0.295 e. The lowest BCUT2D eigenvalue weighted by molar-refractivity contribution is -0.383. The van der Waals surface area contributed by atoms with Crippen LogP contribution >= 0.6 is 15.9 Å². The van der Waals surface area contributed by atoms with E-state index in [4.69, 9.17) is 0 Å². The van der Waals surface area contributed by atoms with E-state index in [1.165, 1.54) is 12.4 Å². The average molecular weight is 242 g/mol. The van der Waals surface area contributed by atoms with E-state index >= 15 is 0 Å². The van der Waals surface area contributed by atoms with Crippen molar-refractivity contribution < 1.29 is 4.92 Å². The molecule has 0 radical (unpaired) electrons. The topological polar surface area (TPSA) is 71.8 Å². The molecule has 0 unspecified atom stereocenters. The molecule has 0 aliphatic carbocycles. The van der Waals surface area contributed by atoms with Crippen molar-refractivity contribution in [3.63, 3.8) is 0 Å². The molecule has 1 N–H and O–H groups in total. The van der Waals surface area contributed by atoms with Gasteiger partial charge in [0.1, 0.15) is 0 Å². The molecule has 2 aromatic rings. The Morgan fingerprint density at radius 2 is 2.31 bits per heavy atom. The molecule has 13 heavy (non-hydrogen) atoms. The summed E-state index contributed by atoms with van der Waals surface area (Å²) < 4.78 is 0.623. The molecular formula is C7H4BrN3O2. The number of hydrogen-bond donors (Lipinski definition) is 1. The van der Waals surface area contributed by atoms with Crippen LogP contribution in [0.2, 0.25) is 0 Å². The van der Waals surface area contributed by atoms with E-state index in [2.05, 4.69) is 25.9 Å². The molecule has 0 aromatic carbocycles. The van der Waals surface area contributed by atoms with Crippen molar-refractivity contribution in [3.05, 3.63) is 33.2 Å². The monoisotopic (exact) mass is 241 g/mol. The Kier molecular flexibility index (Phi) is 1.77. The fourth-order valence-electron chi connectivity index (χ4n) is 1.17. The first-order valence-electron chi connectivity index (χ1n) is 3.45. The molecule has 2 heterocycles. The maximum Gasteiger partial charge on any atom is 0.295 e. The van der Waals surface area contributed by atoms with Crippen molar-refractivity contribution in [2.24, 2.45) is 0 Å². The minimum absolute atomic E-state index is 0.0595. The maximum absolute atomic E-state index is 10.6. The van der Waals surface area contributed by atoms with Gasteiger partial charge in [0.2, 0.25) is 0 Å². The minimum Gasteiger partial charge on any atom is -0.354 e. The first-order chi connectivity index (χ1) is 6.20. The highest BCUT2D eigenvalue weighted by Crippen LogP contribution is 2.30. The molecule has 5 nitrogen and oxygen atoms in total. The van der Waals surface area contributed by atoms with Crippen molar-refractivity contribution in [2.45, 2.75) is 0 Å². The second-order valence-electron chi connectivity index (χ2n) is 2.47. The molecule has 0 aliphatic rings. The zero-order chi connectivity index (χ0) is 9.42. The number of H-pyrrole nitrogens is 1. The molecule has 0 aliphatic heterocycles. The lowest BCUT2D eigenvalue weighted by Crippen LogP contribution is -1.85. The average Bonchev–Trinajstić information content (AvgIpc) is 2.49. The molecule has 2 rings (SSSR count). The van der Waals surface area contributed by atoms with E-state index in [1.807, 2.05) is 0 Å². The summed E-state index contributed by atoms with van der Waals surface area (Å²) in [5.74, 6) is 0. The van der Waals surface area contributed by atoms with Gasteiger partial charge in [0.15, 0.2) is 0 Å². The summed E-state index contributed by atoms with van der Waals surface area (Å²) in [5.41, 5.74) is 0.713. The van der Waals surface area contributed by atoms with Crippen LogP contribution in [0.15, 0.2) is 23.1 Å². The van der Waals surface area contributed by atoms with Gasteiger partial charge in [0.25, 0.3) is 5.69 Å². The molecule has 0 saturated carbocycles. The van der Waals surface area contributed by atoms with Crippen LogP contribution in [-0.4, -0.2) is 14.9 Å². The molecule has 2 aromatic heterocycles. The Balaban J connectivity index is 2.86. The third-order valence-electron chi connectivity index (χ3n) is 1.72. The van der Waals surface area contributed by atoms with Gasteiger partial charge in [0, 0.05) is 6.20 Å². The summed E-state index contributed by atoms with van der Waals surface area (Å²) in [6, 6.07) is 0. The Morgan fingerprint density at radius 3 is 3.00 bits per heavy atom. The molecule has 0 amide bonds. The molecule has 0 atom stereocenters. The maximum atomic E-state index is 10.6. The van der Waals surface area contributed by atoms with Gasteiger partial charge in [-0.15, -0.1) is 0 Å². The summed E-state index contributed by atoms with van der Waals surface area (Å²) in [6.07, 6.45) is 4.44. The summed E-state index contributed by atoms with van der Waals surface area (Å²) in [6.45, 7) is 0. The number of nitrogens with one attached hydrogen (secondary N) is 1. The standard InChI is InChI=1S/C7H4BrN3O2/c8-4-1-9-2-5-7(4)6(3-10-5)11(12)13/h1-3,10H. The first-order valence-corrected chi connectivity index (χ1v) is 4.24. The number of hydrogen-bond acceptors (Lipinski definition) is 3. The van der Waals surface area contributed by atoms with Crippen molar-refractivity contribution in [1.29, 1.82) is 0 Å². The third-order valence-corrected chi connectivity index (χ3v) is 2.32. The zero-order valence-corrected chi connectivity index (χ0v) is 7.91. The van der Waals surface area contributed by atoms with Crippen LogP contribution in [-0.2, 0) is 0 Å². The lowest BCUT2D eigenvalue weighted by Gasteiger charge is -1.91. The number of pyridine rings is 1. The predicted octanol–water partition coefficient (Wildman–Crippen LogP) is 2.23. The molecule has 66 valence electrons. The van der Waals surface area contributed by atoms with Gasteiger partial charge in [-0.25, -0.2) is 0 Å². The molecule has 0 saturated heterocycles. The number of halogens is 1. The highest BCUT2D eigenvalue weighted by molar-refractivity contribution is 9.10. The Bertz CT molecular complexity index is 480. The Morgan fingerprint density at radius 1 is 1.54 bits per heavy atom. The number of rotatable bonds is 1. The number of aromatic amines is 1. The zero-order valence-electron chi connectivity index (χ0n) is 6.32. The largest absolute Gasteiger partial charge is 0.354 e. The molecule has 0 fully saturated rings. The number of aromatic nitrogens is 2. The lowest BCUT2D eigenvalue weighted by atomic mass is 10.3. The van der Waals surface area contributed by atoms with Gasteiger partial charge in [-0.05, 0) is 15.9 Å². The quantitative estimate of drug-likeness (QED) is 0.615. The van der Waals surface area contributed by atoms with E-state index in [1.54, 1.807) is 6.20 Å². The van der Waals surface area contributed by atoms with E-state index in [0.29, 0.717) is 15.4 Å². The summed E-state index contributed by atoms with van der Waals surface area (Å²) in [7, 11) is 0. The van der Waals surface area contributed by atoms with Gasteiger partial charge in [-0.3, -0.25) is 15.1 Å². The van der Waals surface area contributed by atoms with Crippen LogP contribution in [0, 0.1) is 10.1 Å². The fourth-order valence-corrected chi connectivity index (χ4v) is 1.70. The summed E-state index contributed by atoms with van der Waals surface area (Å²) in [4.78, 5) is 16.8. The van der Waals surface area contributed by atoms with Crippen LogP contribution in [0.25, 0.3) is 10.9 Å². The highest BCUT2D eigenvalue weighted by Gasteiger charge is 2.16. The minimum atomic E-state index is -0.427. The first kappa shape index (κ1) is 8.18. The van der Waals surface area contributed by atoms with Crippen LogP contribution in [0.5, 0.6) is 0 Å². The van der Waals surface area contributed by atoms with Gasteiger partial charge in [0.05, 0.1) is 32.7 Å². The van der Waals surface area contributed by atoms with Gasteiger partial charge >= 0.3 is 0 Å².